The van der Waals surface area contributed by atoms with Gasteiger partial charge in [-0.3, -0.25) is 9.59 Å². The van der Waals surface area contributed by atoms with Gasteiger partial charge in [0.25, 0.3) is 11.1 Å². The molecule has 4 heterocycles. The molecule has 5 rings (SSSR count). The lowest BCUT2D eigenvalue weighted by Crippen LogP contribution is -2.36. The fourth-order valence-corrected chi connectivity index (χ4v) is 3.48. The monoisotopic (exact) mass is 450 g/mol. The second-order valence-corrected chi connectivity index (χ2v) is 7.27. The van der Waals surface area contributed by atoms with Gasteiger partial charge in [-0.05, 0) is 23.8 Å². The molecule has 2 atom stereocenters. The highest BCUT2D eigenvalue weighted by atomic mass is 16.1. The molecule has 2 N–H and O–H groups in total. The van der Waals surface area contributed by atoms with Crippen LogP contribution in [0.4, 0.5) is 0 Å². The summed E-state index contributed by atoms with van der Waals surface area (Å²) in [6.45, 7) is 2.36. The molecule has 16 heteroatoms. The Hall–Kier alpha value is -4.47. The van der Waals surface area contributed by atoms with Gasteiger partial charge in [0.1, 0.15) is 17.2 Å². The molecular weight excluding hydrogens is 432 g/mol. The minimum atomic E-state index is -0.875. The number of nitrogens with two attached hydrogens (primary N) is 1. The van der Waals surface area contributed by atoms with Crippen molar-refractivity contribution in [1.82, 2.24) is 65.2 Å². The third-order valence-corrected chi connectivity index (χ3v) is 5.20. The van der Waals surface area contributed by atoms with Crippen LogP contribution < -0.4 is 16.9 Å². The smallest absolute Gasteiger partial charge is 0.279 e. The summed E-state index contributed by atoms with van der Waals surface area (Å²) in [4.78, 5) is 28.9. The molecule has 0 unspecified atom stereocenters. The van der Waals surface area contributed by atoms with Gasteiger partial charge in [0.2, 0.25) is 0 Å². The van der Waals surface area contributed by atoms with E-state index in [2.05, 4.69) is 46.2 Å². The van der Waals surface area contributed by atoms with Gasteiger partial charge in [0.05, 0.1) is 42.3 Å². The van der Waals surface area contributed by atoms with Gasteiger partial charge in [0, 0.05) is 0 Å². The first-order chi connectivity index (χ1) is 16.0. The lowest BCUT2D eigenvalue weighted by molar-refractivity contribution is 0.327. The van der Waals surface area contributed by atoms with E-state index in [1.165, 1.54) is 32.7 Å². The molecule has 4 aromatic heterocycles. The van der Waals surface area contributed by atoms with Gasteiger partial charge in [0.15, 0.2) is 6.33 Å². The van der Waals surface area contributed by atoms with Gasteiger partial charge in [-0.1, -0.05) is 17.4 Å². The minimum absolute atomic E-state index is 0.0711. The van der Waals surface area contributed by atoms with Crippen molar-refractivity contribution in [2.75, 3.05) is 0 Å². The maximum atomic E-state index is 13.2. The Bertz CT molecular complexity index is 1520. The number of fused-ring (bicyclic) bond motifs is 2. The van der Waals surface area contributed by atoms with E-state index in [0.29, 0.717) is 13.0 Å². The summed E-state index contributed by atoms with van der Waals surface area (Å²) in [6, 6.07) is 2.65. The summed E-state index contributed by atoms with van der Waals surface area (Å²) in [6.07, 6.45) is 4.12. The zero-order chi connectivity index (χ0) is 22.9. The quantitative estimate of drug-likeness (QED) is 0.276. The molecule has 0 spiro atoms. The van der Waals surface area contributed by atoms with Crippen molar-refractivity contribution in [2.45, 2.75) is 38.6 Å². The van der Waals surface area contributed by atoms with Gasteiger partial charge >= 0.3 is 0 Å². The Morgan fingerprint density at radius 2 is 1.48 bits per heavy atom. The van der Waals surface area contributed by atoms with Crippen LogP contribution in [0.1, 0.15) is 25.6 Å². The minimum Gasteiger partial charge on any atom is -0.308 e. The largest absolute Gasteiger partial charge is 0.308 e. The molecule has 33 heavy (non-hydrogen) atoms. The molecule has 0 saturated carbocycles. The molecule has 0 amide bonds. The van der Waals surface area contributed by atoms with E-state index < -0.39 is 11.7 Å². The Balaban J connectivity index is 1.55. The van der Waals surface area contributed by atoms with Crippen LogP contribution in [0.25, 0.3) is 21.8 Å². The van der Waals surface area contributed by atoms with Crippen LogP contribution in [0.3, 0.4) is 0 Å². The predicted molar refractivity (Wildman–Crippen MR) is 112 cm³/mol. The van der Waals surface area contributed by atoms with Gasteiger partial charge in [-0.15, -0.1) is 20.4 Å². The highest BCUT2D eigenvalue weighted by Crippen LogP contribution is 2.16. The van der Waals surface area contributed by atoms with E-state index in [-0.39, 0.29) is 40.0 Å². The summed E-state index contributed by atoms with van der Waals surface area (Å²) < 4.78 is 2.32. The lowest BCUT2D eigenvalue weighted by Gasteiger charge is -2.16. The van der Waals surface area contributed by atoms with Crippen LogP contribution >= 0.6 is 0 Å². The van der Waals surface area contributed by atoms with Crippen molar-refractivity contribution >= 4 is 21.8 Å². The van der Waals surface area contributed by atoms with Gasteiger partial charge in [-0.2, -0.15) is 24.5 Å². The molecule has 0 aliphatic heterocycles. The van der Waals surface area contributed by atoms with Gasteiger partial charge < -0.3 is 5.73 Å². The van der Waals surface area contributed by atoms with Crippen molar-refractivity contribution in [3.63, 3.8) is 0 Å². The molecule has 168 valence electrons. The molecule has 0 aliphatic rings. The van der Waals surface area contributed by atoms with Crippen molar-refractivity contribution in [1.29, 1.82) is 0 Å². The highest BCUT2D eigenvalue weighted by Gasteiger charge is 2.19. The van der Waals surface area contributed by atoms with E-state index in [1.54, 1.807) is 12.4 Å². The lowest BCUT2D eigenvalue weighted by atomic mass is 10.1. The van der Waals surface area contributed by atoms with E-state index in [9.17, 15) is 9.59 Å². The number of nitrogens with zero attached hydrogens (tertiary/aromatic N) is 13. The van der Waals surface area contributed by atoms with Gasteiger partial charge in [-0.25, -0.2) is 4.68 Å². The summed E-state index contributed by atoms with van der Waals surface area (Å²) in [5.74, 6) is 0. The average Bonchev–Trinajstić information content (AvgIpc) is 3.52. The van der Waals surface area contributed by atoms with Crippen LogP contribution in [0.15, 0.2) is 40.4 Å². The topological polar surface area (TPSA) is 196 Å². The SMILES string of the molecule is CC[C@H](Cn1nccn1)n1nnc2cc3c(=O)n([C@H](N)Cn4ncnn4)nnc3cc2c1=O. The standard InChI is InChI=1S/C17H18N14O2/c1-2-10(7-28-20-3-4-21-28)30-16(32)11-5-14-12(6-13(11)23-26-30)17(33)31(27-24-14)15(18)8-29-22-9-19-25-29/h3-6,9-10,15H,2,7-8,18H2,1H3/t10-,15+/m1/s1. The van der Waals surface area contributed by atoms with Crippen LogP contribution in [-0.4, -0.2) is 65.2 Å². The summed E-state index contributed by atoms with van der Waals surface area (Å²) in [5, 5.41) is 36.1. The van der Waals surface area contributed by atoms with Crippen molar-refractivity contribution in [3.8, 4) is 0 Å². The molecule has 0 aliphatic carbocycles. The van der Waals surface area contributed by atoms with Crippen LogP contribution in [-0.2, 0) is 13.1 Å². The molecule has 0 saturated heterocycles. The molecule has 0 bridgehead atoms. The van der Waals surface area contributed by atoms with Crippen molar-refractivity contribution in [3.05, 3.63) is 51.6 Å². The van der Waals surface area contributed by atoms with E-state index in [1.807, 2.05) is 6.92 Å². The highest BCUT2D eigenvalue weighted by molar-refractivity contribution is 5.93. The molecular formula is C17H18N14O2. The summed E-state index contributed by atoms with van der Waals surface area (Å²) >= 11 is 0. The number of rotatable bonds is 7. The normalized spacial score (nSPS) is 13.5. The fourth-order valence-electron chi connectivity index (χ4n) is 3.48. The second kappa shape index (κ2) is 8.23. The molecule has 0 radical (unpaired) electrons. The molecule has 0 fully saturated rings. The van der Waals surface area contributed by atoms with E-state index in [4.69, 9.17) is 5.73 Å². The first-order valence-corrected chi connectivity index (χ1v) is 10.0. The summed E-state index contributed by atoms with van der Waals surface area (Å²) in [7, 11) is 0. The van der Waals surface area contributed by atoms with E-state index >= 15 is 0 Å². The number of aromatic nitrogens is 13. The predicted octanol–water partition coefficient (Wildman–Crippen LogP) is -1.72. The van der Waals surface area contributed by atoms with Crippen LogP contribution in [0, 0.1) is 0 Å². The fraction of sp³-hybridized carbons (Fsp3) is 0.353. The number of hydrogen-bond acceptors (Lipinski definition) is 12. The zero-order valence-corrected chi connectivity index (χ0v) is 17.4. The number of benzene rings is 1. The van der Waals surface area contributed by atoms with Crippen LogP contribution in [0.2, 0.25) is 0 Å². The maximum Gasteiger partial charge on any atom is 0.279 e. The zero-order valence-electron chi connectivity index (χ0n) is 17.4. The maximum absolute atomic E-state index is 13.2. The van der Waals surface area contributed by atoms with E-state index in [0.717, 1.165) is 4.68 Å². The Morgan fingerprint density at radius 3 is 2.09 bits per heavy atom. The molecule has 16 nitrogen and oxygen atoms in total. The Kier molecular flexibility index (Phi) is 5.09. The first-order valence-electron chi connectivity index (χ1n) is 10.0. The summed E-state index contributed by atoms with van der Waals surface area (Å²) in [5.41, 5.74) is 5.73. The Morgan fingerprint density at radius 1 is 0.848 bits per heavy atom. The Labute approximate surface area is 183 Å². The third-order valence-electron chi connectivity index (χ3n) is 5.20. The number of hydrogen-bond donors (Lipinski definition) is 1. The van der Waals surface area contributed by atoms with Crippen LogP contribution in [0.5, 0.6) is 0 Å². The first kappa shape index (κ1) is 20.4. The molecule has 5 aromatic rings. The number of tetrazole rings is 1. The van der Waals surface area contributed by atoms with Crippen molar-refractivity contribution in [2.24, 2.45) is 5.73 Å². The molecule has 1 aromatic carbocycles. The average molecular weight is 450 g/mol. The third kappa shape index (κ3) is 3.71. The second-order valence-electron chi connectivity index (χ2n) is 7.27. The van der Waals surface area contributed by atoms with Crippen molar-refractivity contribution < 1.29 is 0 Å².